The maximum atomic E-state index is 12.0. The third-order valence-electron chi connectivity index (χ3n) is 3.05. The van der Waals surface area contributed by atoms with Gasteiger partial charge in [-0.1, -0.05) is 29.8 Å². The first-order chi connectivity index (χ1) is 10.7. The number of amides is 1. The molecule has 2 rings (SSSR count). The Hall–Kier alpha value is -1.65. The second-order valence-electron chi connectivity index (χ2n) is 4.67. The topological polar surface area (TPSA) is 38.3 Å². The van der Waals surface area contributed by atoms with E-state index < -0.39 is 0 Å². The number of carbonyl (C=O) groups is 1. The molecule has 3 nitrogen and oxygen atoms in total. The van der Waals surface area contributed by atoms with Gasteiger partial charge in [0.25, 0.3) is 5.91 Å². The summed E-state index contributed by atoms with van der Waals surface area (Å²) < 4.78 is 5.11. The minimum Gasteiger partial charge on any atom is -0.497 e. The van der Waals surface area contributed by atoms with Crippen LogP contribution in [-0.4, -0.2) is 25.3 Å². The van der Waals surface area contributed by atoms with Gasteiger partial charge in [0.05, 0.1) is 7.11 Å². The van der Waals surface area contributed by atoms with Gasteiger partial charge in [-0.2, -0.15) is 11.8 Å². The van der Waals surface area contributed by atoms with E-state index in [1.165, 1.54) is 5.56 Å². The van der Waals surface area contributed by atoms with Crippen LogP contribution in [0.2, 0.25) is 5.02 Å². The zero-order chi connectivity index (χ0) is 15.8. The van der Waals surface area contributed by atoms with Gasteiger partial charge >= 0.3 is 0 Å². The normalized spacial score (nSPS) is 10.3. The van der Waals surface area contributed by atoms with Gasteiger partial charge in [0.15, 0.2) is 0 Å². The number of benzene rings is 2. The molecule has 0 bridgehead atoms. The molecule has 1 amide bonds. The van der Waals surface area contributed by atoms with Crippen LogP contribution in [0.4, 0.5) is 0 Å². The lowest BCUT2D eigenvalue weighted by Crippen LogP contribution is -2.25. The summed E-state index contributed by atoms with van der Waals surface area (Å²) >= 11 is 7.62. The van der Waals surface area contributed by atoms with E-state index in [1.807, 2.05) is 36.4 Å². The number of methoxy groups -OCH3 is 1. The number of nitrogens with one attached hydrogen (secondary N) is 1. The van der Waals surface area contributed by atoms with Gasteiger partial charge in [0.1, 0.15) is 5.75 Å². The molecule has 5 heteroatoms. The summed E-state index contributed by atoms with van der Waals surface area (Å²) in [7, 11) is 1.59. The molecule has 0 aliphatic carbocycles. The van der Waals surface area contributed by atoms with Crippen LogP contribution < -0.4 is 10.1 Å². The van der Waals surface area contributed by atoms with Crippen LogP contribution in [0.5, 0.6) is 5.75 Å². The molecule has 0 unspecified atom stereocenters. The summed E-state index contributed by atoms with van der Waals surface area (Å²) in [5.74, 6) is 2.38. The Bertz CT molecular complexity index is 616. The van der Waals surface area contributed by atoms with E-state index >= 15 is 0 Å². The molecule has 0 saturated carbocycles. The number of ether oxygens (including phenoxy) is 1. The highest BCUT2D eigenvalue weighted by atomic mass is 35.5. The van der Waals surface area contributed by atoms with Crippen molar-refractivity contribution in [3.05, 3.63) is 64.7 Å². The lowest BCUT2D eigenvalue weighted by Gasteiger charge is -2.07. The molecule has 0 aliphatic heterocycles. The van der Waals surface area contributed by atoms with E-state index in [0.717, 1.165) is 16.5 Å². The van der Waals surface area contributed by atoms with Gasteiger partial charge in [-0.3, -0.25) is 4.79 Å². The van der Waals surface area contributed by atoms with Crippen LogP contribution in [-0.2, 0) is 5.75 Å². The molecule has 0 atom stereocenters. The molecule has 0 heterocycles. The predicted octanol–water partition coefficient (Wildman–Crippen LogP) is 4.01. The van der Waals surface area contributed by atoms with Crippen molar-refractivity contribution in [3.63, 3.8) is 0 Å². The third-order valence-corrected chi connectivity index (χ3v) is 4.33. The number of thioether (sulfide) groups is 1. The van der Waals surface area contributed by atoms with Crippen molar-refractivity contribution < 1.29 is 9.53 Å². The van der Waals surface area contributed by atoms with E-state index in [-0.39, 0.29) is 5.91 Å². The van der Waals surface area contributed by atoms with Gasteiger partial charge in [-0.25, -0.2) is 0 Å². The van der Waals surface area contributed by atoms with E-state index in [9.17, 15) is 4.79 Å². The van der Waals surface area contributed by atoms with Crippen LogP contribution in [0.1, 0.15) is 15.9 Å². The monoisotopic (exact) mass is 335 g/mol. The van der Waals surface area contributed by atoms with Crippen molar-refractivity contribution in [2.24, 2.45) is 0 Å². The van der Waals surface area contributed by atoms with Crippen LogP contribution in [0.15, 0.2) is 48.5 Å². The fraction of sp³-hybridized carbons (Fsp3) is 0.235. The van der Waals surface area contributed by atoms with E-state index in [4.69, 9.17) is 16.3 Å². The molecule has 0 radical (unpaired) electrons. The number of rotatable bonds is 7. The van der Waals surface area contributed by atoms with Crippen LogP contribution in [0, 0.1) is 0 Å². The molecular formula is C17H18ClNO2S. The molecule has 1 N–H and O–H groups in total. The quantitative estimate of drug-likeness (QED) is 0.777. The summed E-state index contributed by atoms with van der Waals surface area (Å²) in [6.45, 7) is 0.633. The molecule has 0 fully saturated rings. The van der Waals surface area contributed by atoms with Crippen molar-refractivity contribution >= 4 is 29.3 Å². The fourth-order valence-electron chi connectivity index (χ4n) is 1.87. The molecule has 116 valence electrons. The standard InChI is InChI=1S/C17H18ClNO2S/c1-21-16-4-2-3-14(11-16)17(20)19-9-10-22-12-13-5-7-15(18)8-6-13/h2-8,11H,9-10,12H2,1H3,(H,19,20). The second kappa shape index (κ2) is 8.71. The molecule has 0 aliphatic rings. The molecule has 0 spiro atoms. The van der Waals surface area contributed by atoms with Crippen molar-refractivity contribution in [2.75, 3.05) is 19.4 Å². The first-order valence-corrected chi connectivity index (χ1v) is 8.47. The molecular weight excluding hydrogens is 318 g/mol. The number of hydrogen-bond acceptors (Lipinski definition) is 3. The Balaban J connectivity index is 1.69. The summed E-state index contributed by atoms with van der Waals surface area (Å²) in [6.07, 6.45) is 0. The first-order valence-electron chi connectivity index (χ1n) is 6.93. The third kappa shape index (κ3) is 5.28. The van der Waals surface area contributed by atoms with E-state index in [0.29, 0.717) is 17.9 Å². The molecule has 0 aromatic heterocycles. The average molecular weight is 336 g/mol. The molecule has 22 heavy (non-hydrogen) atoms. The zero-order valence-corrected chi connectivity index (χ0v) is 13.9. The molecule has 0 saturated heterocycles. The van der Waals surface area contributed by atoms with Gasteiger partial charge in [-0.05, 0) is 35.9 Å². The average Bonchev–Trinajstić information content (AvgIpc) is 2.56. The van der Waals surface area contributed by atoms with E-state index in [2.05, 4.69) is 5.32 Å². The van der Waals surface area contributed by atoms with Crippen LogP contribution in [0.3, 0.4) is 0 Å². The summed E-state index contributed by atoms with van der Waals surface area (Å²) in [5, 5.41) is 3.66. The Morgan fingerprint density at radius 1 is 1.23 bits per heavy atom. The van der Waals surface area contributed by atoms with Crippen molar-refractivity contribution in [3.8, 4) is 5.75 Å². The predicted molar refractivity (Wildman–Crippen MR) is 92.9 cm³/mol. The highest BCUT2D eigenvalue weighted by Crippen LogP contribution is 2.15. The molecule has 2 aromatic rings. The summed E-state index contributed by atoms with van der Waals surface area (Å²) in [5.41, 5.74) is 1.84. The minimum atomic E-state index is -0.0778. The number of halogens is 1. The maximum Gasteiger partial charge on any atom is 0.251 e. The van der Waals surface area contributed by atoms with Gasteiger partial charge < -0.3 is 10.1 Å². The highest BCUT2D eigenvalue weighted by molar-refractivity contribution is 7.98. The van der Waals surface area contributed by atoms with Gasteiger partial charge in [0, 0.05) is 28.6 Å². The fourth-order valence-corrected chi connectivity index (χ4v) is 2.82. The Morgan fingerprint density at radius 2 is 2.00 bits per heavy atom. The Labute approximate surface area is 140 Å². The first kappa shape index (κ1) is 16.7. The van der Waals surface area contributed by atoms with Crippen molar-refractivity contribution in [1.82, 2.24) is 5.32 Å². The smallest absolute Gasteiger partial charge is 0.251 e. The summed E-state index contributed by atoms with van der Waals surface area (Å²) in [4.78, 5) is 12.0. The van der Waals surface area contributed by atoms with Crippen molar-refractivity contribution in [1.29, 1.82) is 0 Å². The minimum absolute atomic E-state index is 0.0778. The lowest BCUT2D eigenvalue weighted by molar-refractivity contribution is 0.0956. The zero-order valence-electron chi connectivity index (χ0n) is 12.3. The van der Waals surface area contributed by atoms with Crippen molar-refractivity contribution in [2.45, 2.75) is 5.75 Å². The summed E-state index contributed by atoms with van der Waals surface area (Å²) in [6, 6.07) is 15.0. The SMILES string of the molecule is COc1cccc(C(=O)NCCSCc2ccc(Cl)cc2)c1. The van der Waals surface area contributed by atoms with Gasteiger partial charge in [-0.15, -0.1) is 0 Å². The largest absolute Gasteiger partial charge is 0.497 e. The van der Waals surface area contributed by atoms with Crippen LogP contribution >= 0.6 is 23.4 Å². The second-order valence-corrected chi connectivity index (χ2v) is 6.21. The highest BCUT2D eigenvalue weighted by Gasteiger charge is 2.05. The Kier molecular flexibility index (Phi) is 6.62. The molecule has 2 aromatic carbocycles. The van der Waals surface area contributed by atoms with Crippen LogP contribution in [0.25, 0.3) is 0 Å². The number of carbonyl (C=O) groups excluding carboxylic acids is 1. The van der Waals surface area contributed by atoms with E-state index in [1.54, 1.807) is 31.0 Å². The Morgan fingerprint density at radius 3 is 2.73 bits per heavy atom. The lowest BCUT2D eigenvalue weighted by atomic mass is 10.2. The number of hydrogen-bond donors (Lipinski definition) is 1. The van der Waals surface area contributed by atoms with Gasteiger partial charge in [0.2, 0.25) is 0 Å². The maximum absolute atomic E-state index is 12.0.